The lowest BCUT2D eigenvalue weighted by Gasteiger charge is -2.22. The summed E-state index contributed by atoms with van der Waals surface area (Å²) < 4.78 is 0. The molecule has 58 heavy (non-hydrogen) atoms. The molecule has 2 aliphatic carbocycles. The van der Waals surface area contributed by atoms with Crippen molar-refractivity contribution in [3.05, 3.63) is 204 Å². The van der Waals surface area contributed by atoms with Crippen LogP contribution in [-0.4, -0.2) is 9.97 Å². The number of hydrogen-bond donors (Lipinski definition) is 0. The molecular formula is C56H42N2. The Morgan fingerprint density at radius 3 is 1.55 bits per heavy atom. The van der Waals surface area contributed by atoms with Gasteiger partial charge in [-0.2, -0.15) is 0 Å². The first-order chi connectivity index (χ1) is 28.3. The molecule has 0 saturated carbocycles. The van der Waals surface area contributed by atoms with Crippen LogP contribution in [0.3, 0.4) is 0 Å². The Hall–Kier alpha value is -6.90. The van der Waals surface area contributed by atoms with E-state index in [-0.39, 0.29) is 10.8 Å². The molecule has 8 aromatic carbocycles. The lowest BCUT2D eigenvalue weighted by molar-refractivity contribution is 0.660. The Bertz CT molecular complexity index is 3100. The normalized spacial score (nSPS) is 14.1. The van der Waals surface area contributed by atoms with Crippen LogP contribution in [0.5, 0.6) is 0 Å². The van der Waals surface area contributed by atoms with E-state index in [4.69, 9.17) is 9.97 Å². The second-order valence-corrected chi connectivity index (χ2v) is 17.0. The van der Waals surface area contributed by atoms with E-state index in [1.807, 2.05) is 6.07 Å². The van der Waals surface area contributed by atoms with Crippen molar-refractivity contribution in [2.24, 2.45) is 0 Å². The van der Waals surface area contributed by atoms with Crippen molar-refractivity contribution >= 4 is 10.8 Å². The molecule has 0 spiro atoms. The third kappa shape index (κ3) is 5.18. The maximum Gasteiger partial charge on any atom is 0.160 e. The summed E-state index contributed by atoms with van der Waals surface area (Å²) in [5, 5.41) is 2.54. The van der Waals surface area contributed by atoms with Crippen LogP contribution in [0, 0.1) is 0 Å². The molecule has 2 nitrogen and oxygen atoms in total. The topological polar surface area (TPSA) is 25.8 Å². The van der Waals surface area contributed by atoms with Crippen LogP contribution in [-0.2, 0) is 10.8 Å². The van der Waals surface area contributed by atoms with Crippen molar-refractivity contribution in [2.75, 3.05) is 0 Å². The van der Waals surface area contributed by atoms with Gasteiger partial charge >= 0.3 is 0 Å². The predicted octanol–water partition coefficient (Wildman–Crippen LogP) is 14.6. The fraction of sp³-hybridized carbons (Fsp3) is 0.107. The number of aromatic nitrogens is 2. The molecule has 0 N–H and O–H groups in total. The van der Waals surface area contributed by atoms with E-state index in [1.54, 1.807) is 0 Å². The Balaban J connectivity index is 1.10. The molecule has 2 aliphatic rings. The van der Waals surface area contributed by atoms with Gasteiger partial charge < -0.3 is 0 Å². The molecule has 11 rings (SSSR count). The summed E-state index contributed by atoms with van der Waals surface area (Å²) in [5.41, 5.74) is 20.2. The summed E-state index contributed by atoms with van der Waals surface area (Å²) >= 11 is 0. The summed E-state index contributed by atoms with van der Waals surface area (Å²) in [6.07, 6.45) is 0. The van der Waals surface area contributed by atoms with Crippen molar-refractivity contribution < 1.29 is 0 Å². The zero-order valence-corrected chi connectivity index (χ0v) is 33.2. The highest BCUT2D eigenvalue weighted by Gasteiger charge is 2.39. The maximum absolute atomic E-state index is 5.36. The molecule has 276 valence electrons. The van der Waals surface area contributed by atoms with Crippen molar-refractivity contribution in [3.8, 4) is 78.4 Å². The van der Waals surface area contributed by atoms with Gasteiger partial charge in [0.15, 0.2) is 5.82 Å². The van der Waals surface area contributed by atoms with Crippen molar-refractivity contribution in [1.82, 2.24) is 9.97 Å². The van der Waals surface area contributed by atoms with Gasteiger partial charge in [0, 0.05) is 27.5 Å². The molecule has 2 heteroatoms. The Kier molecular flexibility index (Phi) is 7.59. The third-order valence-corrected chi connectivity index (χ3v) is 12.9. The van der Waals surface area contributed by atoms with Crippen molar-refractivity contribution in [3.63, 3.8) is 0 Å². The maximum atomic E-state index is 5.36. The lowest BCUT2D eigenvalue weighted by Crippen LogP contribution is -2.15. The average molecular weight is 743 g/mol. The van der Waals surface area contributed by atoms with Crippen molar-refractivity contribution in [1.29, 1.82) is 0 Å². The highest BCUT2D eigenvalue weighted by molar-refractivity contribution is 6.01. The van der Waals surface area contributed by atoms with Crippen LogP contribution in [0.2, 0.25) is 0 Å². The van der Waals surface area contributed by atoms with Gasteiger partial charge in [-0.05, 0) is 102 Å². The molecule has 0 atom stereocenters. The minimum atomic E-state index is -0.181. The van der Waals surface area contributed by atoms with Crippen LogP contribution in [0.1, 0.15) is 49.9 Å². The summed E-state index contributed by atoms with van der Waals surface area (Å²) in [6, 6.07) is 66.2. The Morgan fingerprint density at radius 1 is 0.310 bits per heavy atom. The molecule has 0 bridgehead atoms. The van der Waals surface area contributed by atoms with E-state index < -0.39 is 0 Å². The summed E-state index contributed by atoms with van der Waals surface area (Å²) in [5.74, 6) is 0.716. The lowest BCUT2D eigenvalue weighted by atomic mass is 9.81. The van der Waals surface area contributed by atoms with Gasteiger partial charge in [-0.25, -0.2) is 9.97 Å². The van der Waals surface area contributed by atoms with Crippen LogP contribution < -0.4 is 0 Å². The van der Waals surface area contributed by atoms with E-state index in [0.717, 1.165) is 28.1 Å². The van der Waals surface area contributed by atoms with Crippen LogP contribution in [0.4, 0.5) is 0 Å². The molecule has 0 amide bonds. The monoisotopic (exact) mass is 742 g/mol. The van der Waals surface area contributed by atoms with Gasteiger partial charge in [-0.1, -0.05) is 185 Å². The fourth-order valence-electron chi connectivity index (χ4n) is 9.89. The van der Waals surface area contributed by atoms with E-state index in [1.165, 1.54) is 77.5 Å². The van der Waals surface area contributed by atoms with Gasteiger partial charge in [0.05, 0.1) is 11.4 Å². The van der Waals surface area contributed by atoms with E-state index in [9.17, 15) is 0 Å². The minimum absolute atomic E-state index is 0.134. The number of hydrogen-bond acceptors (Lipinski definition) is 2. The van der Waals surface area contributed by atoms with Gasteiger partial charge in [-0.3, -0.25) is 0 Å². The Morgan fingerprint density at radius 2 is 0.845 bits per heavy atom. The van der Waals surface area contributed by atoms with Gasteiger partial charge in [-0.15, -0.1) is 0 Å². The highest BCUT2D eigenvalue weighted by atomic mass is 14.9. The largest absolute Gasteiger partial charge is 0.228 e. The van der Waals surface area contributed by atoms with Crippen LogP contribution in [0.15, 0.2) is 182 Å². The number of fused-ring (bicyclic) bond motifs is 7. The summed E-state index contributed by atoms with van der Waals surface area (Å²) in [7, 11) is 0. The van der Waals surface area contributed by atoms with Crippen LogP contribution in [0.25, 0.3) is 89.2 Å². The average Bonchev–Trinajstić information content (AvgIpc) is 3.64. The SMILES string of the molecule is CC1(C)c2cc(-c3cc(-c4ccccc4-c4cccc5c4-c4cc6ccccc6cc4C5(C)C)nc(-c4ccccc4)n3)ccc2-c2c(-c3ccccc3)cccc21. The number of benzene rings is 8. The second-order valence-electron chi connectivity index (χ2n) is 17.0. The molecule has 1 aromatic heterocycles. The first-order valence-corrected chi connectivity index (χ1v) is 20.3. The summed E-state index contributed by atoms with van der Waals surface area (Å²) in [6.45, 7) is 9.44. The van der Waals surface area contributed by atoms with Gasteiger partial charge in [0.25, 0.3) is 0 Å². The minimum Gasteiger partial charge on any atom is -0.228 e. The molecule has 0 unspecified atom stereocenters. The van der Waals surface area contributed by atoms with E-state index in [0.29, 0.717) is 5.82 Å². The second kappa shape index (κ2) is 12.8. The highest BCUT2D eigenvalue weighted by Crippen LogP contribution is 2.55. The zero-order valence-electron chi connectivity index (χ0n) is 33.2. The van der Waals surface area contributed by atoms with Gasteiger partial charge in [0.2, 0.25) is 0 Å². The smallest absolute Gasteiger partial charge is 0.160 e. The summed E-state index contributed by atoms with van der Waals surface area (Å²) in [4.78, 5) is 10.7. The van der Waals surface area contributed by atoms with Crippen LogP contribution >= 0.6 is 0 Å². The Labute approximate surface area is 340 Å². The molecule has 1 heterocycles. The van der Waals surface area contributed by atoms with E-state index >= 15 is 0 Å². The van der Waals surface area contributed by atoms with Gasteiger partial charge in [0.1, 0.15) is 0 Å². The number of rotatable bonds is 5. The molecule has 0 aliphatic heterocycles. The zero-order chi connectivity index (χ0) is 39.2. The first kappa shape index (κ1) is 34.4. The molecule has 9 aromatic rings. The van der Waals surface area contributed by atoms with Crippen molar-refractivity contribution in [2.45, 2.75) is 38.5 Å². The van der Waals surface area contributed by atoms with E-state index in [2.05, 4.69) is 204 Å². The molecular weight excluding hydrogens is 701 g/mol. The quantitative estimate of drug-likeness (QED) is 0.175. The third-order valence-electron chi connectivity index (χ3n) is 12.9. The standard InChI is InChI=1S/C56H42N2/c1-55(2)46-27-15-25-40(35-17-7-5-8-18-35)52(46)44-30-29-39(33-48(44)55)50-34-51(58-54(57-50)36-19-9-6-10-20-36)42-24-14-13-23-41(42)43-26-16-28-47-53(43)45-31-37-21-11-12-22-38(37)32-49(45)56(47,3)4/h5-34H,1-4H3. The predicted molar refractivity (Wildman–Crippen MR) is 242 cm³/mol. The molecule has 0 fully saturated rings. The molecule has 0 saturated heterocycles. The molecule has 0 radical (unpaired) electrons. The first-order valence-electron chi connectivity index (χ1n) is 20.3. The number of nitrogens with zero attached hydrogens (tertiary/aromatic N) is 2. The fourth-order valence-corrected chi connectivity index (χ4v) is 9.89.